The van der Waals surface area contributed by atoms with Gasteiger partial charge in [-0.1, -0.05) is 18.2 Å². The van der Waals surface area contributed by atoms with Crippen molar-refractivity contribution in [2.24, 2.45) is 0 Å². The van der Waals surface area contributed by atoms with Crippen molar-refractivity contribution in [3.63, 3.8) is 0 Å². The number of hydrogen-bond acceptors (Lipinski definition) is 4. The fourth-order valence-corrected chi connectivity index (χ4v) is 2.66. The third-order valence-electron chi connectivity index (χ3n) is 3.27. The lowest BCUT2D eigenvalue weighted by molar-refractivity contribution is -0.136. The van der Waals surface area contributed by atoms with E-state index in [2.05, 4.69) is 10.6 Å². The highest BCUT2D eigenvalue weighted by Gasteiger charge is 2.32. The highest BCUT2D eigenvalue weighted by atomic mass is 32.1. The molecule has 1 heterocycles. The summed E-state index contributed by atoms with van der Waals surface area (Å²) in [6.45, 7) is 5.72. The van der Waals surface area contributed by atoms with Gasteiger partial charge >= 0.3 is 5.97 Å². The molecule has 2 N–H and O–H groups in total. The van der Waals surface area contributed by atoms with Gasteiger partial charge in [-0.25, -0.2) is 4.79 Å². The molecular formula is C16H20N2O3S. The van der Waals surface area contributed by atoms with Crippen LogP contribution in [-0.2, 0) is 9.53 Å². The third-order valence-corrected chi connectivity index (χ3v) is 3.49. The van der Waals surface area contributed by atoms with Crippen molar-refractivity contribution in [3.8, 4) is 5.75 Å². The molecule has 0 saturated heterocycles. The van der Waals surface area contributed by atoms with Crippen LogP contribution in [0.1, 0.15) is 32.4 Å². The van der Waals surface area contributed by atoms with Gasteiger partial charge in [-0.05, 0) is 39.1 Å². The van der Waals surface area contributed by atoms with Crippen LogP contribution in [0.15, 0.2) is 35.5 Å². The van der Waals surface area contributed by atoms with Crippen molar-refractivity contribution >= 4 is 23.3 Å². The van der Waals surface area contributed by atoms with E-state index in [0.717, 1.165) is 5.56 Å². The number of allylic oxidation sites excluding steroid dienone is 1. The second kappa shape index (κ2) is 6.79. The van der Waals surface area contributed by atoms with E-state index in [0.29, 0.717) is 22.1 Å². The number of hydrogen-bond donors (Lipinski definition) is 2. The number of benzene rings is 1. The summed E-state index contributed by atoms with van der Waals surface area (Å²) in [6, 6.07) is 7.19. The van der Waals surface area contributed by atoms with Gasteiger partial charge in [0.15, 0.2) is 5.11 Å². The lowest BCUT2D eigenvalue weighted by atomic mass is 9.95. The van der Waals surface area contributed by atoms with Crippen LogP contribution in [0.4, 0.5) is 0 Å². The van der Waals surface area contributed by atoms with Gasteiger partial charge in [0.05, 0.1) is 24.8 Å². The molecule has 0 spiro atoms. The zero-order chi connectivity index (χ0) is 16.3. The minimum atomic E-state index is -0.406. The monoisotopic (exact) mass is 320 g/mol. The van der Waals surface area contributed by atoms with Crippen LogP contribution in [0.25, 0.3) is 0 Å². The molecule has 1 aliphatic rings. The highest BCUT2D eigenvalue weighted by molar-refractivity contribution is 7.80. The number of rotatable bonds is 4. The van der Waals surface area contributed by atoms with Crippen molar-refractivity contribution in [1.29, 1.82) is 0 Å². The zero-order valence-electron chi connectivity index (χ0n) is 13.1. The maximum atomic E-state index is 12.2. The van der Waals surface area contributed by atoms with Crippen LogP contribution < -0.4 is 15.4 Å². The average Bonchev–Trinajstić information content (AvgIpc) is 2.45. The molecule has 0 amide bonds. The van der Waals surface area contributed by atoms with Crippen LogP contribution >= 0.6 is 12.2 Å². The molecule has 0 fully saturated rings. The molecule has 1 aromatic carbocycles. The van der Waals surface area contributed by atoms with Crippen molar-refractivity contribution in [1.82, 2.24) is 10.6 Å². The number of carbonyl (C=O) groups is 1. The second-order valence-electron chi connectivity index (χ2n) is 5.27. The van der Waals surface area contributed by atoms with E-state index in [1.807, 2.05) is 38.1 Å². The fraction of sp³-hybridized carbons (Fsp3) is 0.375. The Bertz CT molecular complexity index is 626. The van der Waals surface area contributed by atoms with Gasteiger partial charge in [0.2, 0.25) is 0 Å². The Labute approximate surface area is 135 Å². The summed E-state index contributed by atoms with van der Waals surface area (Å²) in [5.74, 6) is 0.318. The van der Waals surface area contributed by atoms with Crippen molar-refractivity contribution in [3.05, 3.63) is 41.1 Å². The SMILES string of the molecule is COC(=O)C1=C(C)NC(=S)N[C@H]1c1ccccc1OC(C)C. The van der Waals surface area contributed by atoms with Crippen LogP contribution in [-0.4, -0.2) is 24.3 Å². The number of methoxy groups -OCH3 is 1. The molecule has 0 radical (unpaired) electrons. The molecule has 6 heteroatoms. The Morgan fingerprint density at radius 2 is 2.00 bits per heavy atom. The van der Waals surface area contributed by atoms with E-state index in [-0.39, 0.29) is 6.10 Å². The largest absolute Gasteiger partial charge is 0.491 e. The van der Waals surface area contributed by atoms with Gasteiger partial charge in [0.25, 0.3) is 0 Å². The van der Waals surface area contributed by atoms with Gasteiger partial charge < -0.3 is 20.1 Å². The summed E-state index contributed by atoms with van der Waals surface area (Å²) in [4.78, 5) is 12.2. The van der Waals surface area contributed by atoms with E-state index >= 15 is 0 Å². The molecule has 5 nitrogen and oxygen atoms in total. The Kier molecular flexibility index (Phi) is 5.03. The van der Waals surface area contributed by atoms with Gasteiger partial charge in [0, 0.05) is 11.3 Å². The molecule has 1 atom stereocenters. The minimum Gasteiger partial charge on any atom is -0.491 e. The Morgan fingerprint density at radius 3 is 2.64 bits per heavy atom. The summed E-state index contributed by atoms with van der Waals surface area (Å²) in [5, 5.41) is 6.55. The summed E-state index contributed by atoms with van der Waals surface area (Å²) in [5.41, 5.74) is 2.02. The van der Waals surface area contributed by atoms with E-state index < -0.39 is 12.0 Å². The molecule has 0 aliphatic carbocycles. The van der Waals surface area contributed by atoms with Crippen LogP contribution in [0, 0.1) is 0 Å². The fourth-order valence-electron chi connectivity index (χ4n) is 2.39. The smallest absolute Gasteiger partial charge is 0.337 e. The van der Waals surface area contributed by atoms with Crippen molar-refractivity contribution in [2.75, 3.05) is 7.11 Å². The van der Waals surface area contributed by atoms with E-state index in [4.69, 9.17) is 21.7 Å². The third kappa shape index (κ3) is 3.39. The standard InChI is InChI=1S/C16H20N2O3S/c1-9(2)21-12-8-6-5-7-11(12)14-13(15(19)20-4)10(3)17-16(22)18-14/h5-9,14H,1-4H3,(H2,17,18,22)/t14-/m0/s1. The number of esters is 1. The average molecular weight is 320 g/mol. The molecule has 0 aromatic heterocycles. The zero-order valence-corrected chi connectivity index (χ0v) is 13.9. The summed E-state index contributed by atoms with van der Waals surface area (Å²) >= 11 is 5.22. The first-order valence-electron chi connectivity index (χ1n) is 7.06. The molecule has 0 unspecified atom stereocenters. The number of para-hydroxylation sites is 1. The van der Waals surface area contributed by atoms with Crippen molar-refractivity contribution in [2.45, 2.75) is 32.9 Å². The van der Waals surface area contributed by atoms with E-state index in [1.165, 1.54) is 7.11 Å². The Morgan fingerprint density at radius 1 is 1.32 bits per heavy atom. The predicted octanol–water partition coefficient (Wildman–Crippen LogP) is 2.44. The Balaban J connectivity index is 2.51. The number of carbonyl (C=O) groups excluding carboxylic acids is 1. The van der Waals surface area contributed by atoms with Crippen LogP contribution in [0.3, 0.4) is 0 Å². The van der Waals surface area contributed by atoms with Crippen LogP contribution in [0.2, 0.25) is 0 Å². The van der Waals surface area contributed by atoms with E-state index in [1.54, 1.807) is 6.92 Å². The number of nitrogens with one attached hydrogen (secondary N) is 2. The van der Waals surface area contributed by atoms with Crippen molar-refractivity contribution < 1.29 is 14.3 Å². The van der Waals surface area contributed by atoms with E-state index in [9.17, 15) is 4.79 Å². The molecule has 2 rings (SSSR count). The lowest BCUT2D eigenvalue weighted by Crippen LogP contribution is -2.45. The van der Waals surface area contributed by atoms with Gasteiger partial charge in [-0.15, -0.1) is 0 Å². The summed E-state index contributed by atoms with van der Waals surface area (Å²) in [6.07, 6.45) is 0.0291. The molecule has 0 bridgehead atoms. The molecular weight excluding hydrogens is 300 g/mol. The van der Waals surface area contributed by atoms with Gasteiger partial charge in [-0.3, -0.25) is 0 Å². The first-order chi connectivity index (χ1) is 10.4. The Hall–Kier alpha value is -2.08. The summed E-state index contributed by atoms with van der Waals surface area (Å²) in [7, 11) is 1.36. The van der Waals surface area contributed by atoms with Gasteiger partial charge in [-0.2, -0.15) is 0 Å². The first kappa shape index (κ1) is 16.3. The second-order valence-corrected chi connectivity index (χ2v) is 5.67. The lowest BCUT2D eigenvalue weighted by Gasteiger charge is -2.30. The summed E-state index contributed by atoms with van der Waals surface area (Å²) < 4.78 is 10.8. The molecule has 118 valence electrons. The first-order valence-corrected chi connectivity index (χ1v) is 7.47. The predicted molar refractivity (Wildman–Crippen MR) is 88.5 cm³/mol. The molecule has 1 aliphatic heterocycles. The minimum absolute atomic E-state index is 0.0291. The van der Waals surface area contributed by atoms with Gasteiger partial charge in [0.1, 0.15) is 5.75 Å². The topological polar surface area (TPSA) is 59.6 Å². The maximum absolute atomic E-state index is 12.2. The van der Waals surface area contributed by atoms with Crippen LogP contribution in [0.5, 0.6) is 5.75 Å². The molecule has 0 saturated carbocycles. The molecule has 22 heavy (non-hydrogen) atoms. The quantitative estimate of drug-likeness (QED) is 0.656. The highest BCUT2D eigenvalue weighted by Crippen LogP contribution is 2.33. The normalized spacial score (nSPS) is 17.9. The number of ether oxygens (including phenoxy) is 2. The number of thiocarbonyl (C=S) groups is 1. The maximum Gasteiger partial charge on any atom is 0.337 e. The molecule has 1 aromatic rings.